The van der Waals surface area contributed by atoms with E-state index in [1.807, 2.05) is 32.9 Å². The third-order valence-electron chi connectivity index (χ3n) is 2.34. The predicted molar refractivity (Wildman–Crippen MR) is 60.3 cm³/mol. The largest absolute Gasteiger partial charge is 0.388 e. The van der Waals surface area contributed by atoms with Crippen LogP contribution in [-0.4, -0.2) is 5.11 Å². The molecule has 1 nitrogen and oxygen atoms in total. The van der Waals surface area contributed by atoms with Crippen LogP contribution in [0.15, 0.2) is 30.4 Å². The van der Waals surface area contributed by atoms with Crippen LogP contribution in [0.1, 0.15) is 36.1 Å². The van der Waals surface area contributed by atoms with Crippen molar-refractivity contribution in [3.8, 4) is 0 Å². The second kappa shape index (κ2) is 4.43. The van der Waals surface area contributed by atoms with Crippen molar-refractivity contribution in [1.82, 2.24) is 0 Å². The SMILES string of the molecule is C=C(C)CC(O)c1cc(C)ccc1C. The summed E-state index contributed by atoms with van der Waals surface area (Å²) in [6.07, 6.45) is 0.233. The van der Waals surface area contributed by atoms with Crippen LogP contribution in [0.2, 0.25) is 0 Å². The van der Waals surface area contributed by atoms with Gasteiger partial charge in [-0.05, 0) is 38.3 Å². The van der Waals surface area contributed by atoms with Gasteiger partial charge in [0, 0.05) is 0 Å². The van der Waals surface area contributed by atoms with Gasteiger partial charge in [0.05, 0.1) is 6.10 Å². The first kappa shape index (κ1) is 11.0. The molecule has 0 spiro atoms. The van der Waals surface area contributed by atoms with Gasteiger partial charge in [0.2, 0.25) is 0 Å². The highest BCUT2D eigenvalue weighted by Crippen LogP contribution is 2.24. The van der Waals surface area contributed by atoms with Gasteiger partial charge in [-0.2, -0.15) is 0 Å². The van der Waals surface area contributed by atoms with E-state index in [1.165, 1.54) is 5.56 Å². The van der Waals surface area contributed by atoms with Crippen LogP contribution in [0.4, 0.5) is 0 Å². The van der Waals surface area contributed by atoms with Crippen LogP contribution in [0.3, 0.4) is 0 Å². The van der Waals surface area contributed by atoms with E-state index in [-0.39, 0.29) is 0 Å². The van der Waals surface area contributed by atoms with Crippen molar-refractivity contribution in [3.63, 3.8) is 0 Å². The molecule has 14 heavy (non-hydrogen) atoms. The first-order valence-corrected chi connectivity index (χ1v) is 4.90. The van der Waals surface area contributed by atoms with Gasteiger partial charge in [0.1, 0.15) is 0 Å². The molecular weight excluding hydrogens is 172 g/mol. The molecular formula is C13H18O. The van der Waals surface area contributed by atoms with Gasteiger partial charge in [0.15, 0.2) is 0 Å². The van der Waals surface area contributed by atoms with E-state index in [4.69, 9.17) is 0 Å². The topological polar surface area (TPSA) is 20.2 Å². The maximum absolute atomic E-state index is 9.94. The lowest BCUT2D eigenvalue weighted by Gasteiger charge is -2.14. The summed E-state index contributed by atoms with van der Waals surface area (Å²) >= 11 is 0. The second-order valence-electron chi connectivity index (χ2n) is 4.04. The first-order chi connectivity index (χ1) is 6.50. The van der Waals surface area contributed by atoms with E-state index in [0.717, 1.165) is 16.7 Å². The molecule has 0 saturated heterocycles. The van der Waals surface area contributed by atoms with Gasteiger partial charge in [-0.15, -0.1) is 6.58 Å². The molecule has 0 radical (unpaired) electrons. The number of benzene rings is 1. The zero-order valence-electron chi connectivity index (χ0n) is 9.17. The van der Waals surface area contributed by atoms with Crippen LogP contribution in [0.25, 0.3) is 0 Å². The molecule has 1 heteroatoms. The Morgan fingerprint density at radius 2 is 2.07 bits per heavy atom. The second-order valence-corrected chi connectivity index (χ2v) is 4.04. The normalized spacial score (nSPS) is 12.6. The Morgan fingerprint density at radius 3 is 2.64 bits per heavy atom. The van der Waals surface area contributed by atoms with Gasteiger partial charge >= 0.3 is 0 Å². The standard InChI is InChI=1S/C13H18O/c1-9(2)7-13(14)12-8-10(3)5-6-11(12)4/h5-6,8,13-14H,1,7H2,2-4H3. The van der Waals surface area contributed by atoms with Crippen LogP contribution < -0.4 is 0 Å². The van der Waals surface area contributed by atoms with Gasteiger partial charge < -0.3 is 5.11 Å². The molecule has 1 atom stereocenters. The minimum absolute atomic E-state index is 0.410. The highest BCUT2D eigenvalue weighted by atomic mass is 16.3. The quantitative estimate of drug-likeness (QED) is 0.725. The van der Waals surface area contributed by atoms with Crippen molar-refractivity contribution < 1.29 is 5.11 Å². The van der Waals surface area contributed by atoms with Crippen molar-refractivity contribution in [2.45, 2.75) is 33.3 Å². The number of rotatable bonds is 3. The van der Waals surface area contributed by atoms with Gasteiger partial charge in [-0.1, -0.05) is 29.3 Å². The summed E-state index contributed by atoms with van der Waals surface area (Å²) in [5.74, 6) is 0. The first-order valence-electron chi connectivity index (χ1n) is 4.90. The average molecular weight is 190 g/mol. The zero-order valence-corrected chi connectivity index (χ0v) is 9.17. The summed E-state index contributed by atoms with van der Waals surface area (Å²) in [7, 11) is 0. The summed E-state index contributed by atoms with van der Waals surface area (Å²) in [6, 6.07) is 6.15. The Kier molecular flexibility index (Phi) is 3.48. The highest BCUT2D eigenvalue weighted by molar-refractivity contribution is 5.32. The molecule has 1 rings (SSSR count). The molecule has 76 valence electrons. The van der Waals surface area contributed by atoms with Gasteiger partial charge in [-0.25, -0.2) is 0 Å². The minimum atomic E-state index is -0.410. The molecule has 0 bridgehead atoms. The number of hydrogen-bond donors (Lipinski definition) is 1. The lowest BCUT2D eigenvalue weighted by Crippen LogP contribution is -2.00. The highest BCUT2D eigenvalue weighted by Gasteiger charge is 2.10. The molecule has 0 heterocycles. The maximum Gasteiger partial charge on any atom is 0.0829 e. The van der Waals surface area contributed by atoms with E-state index in [0.29, 0.717) is 6.42 Å². The fourth-order valence-corrected chi connectivity index (χ4v) is 1.56. The summed E-state index contributed by atoms with van der Waals surface area (Å²) in [4.78, 5) is 0. The van der Waals surface area contributed by atoms with Gasteiger partial charge in [-0.3, -0.25) is 0 Å². The number of hydrogen-bond acceptors (Lipinski definition) is 1. The Hall–Kier alpha value is -1.08. The molecule has 0 aromatic heterocycles. The van der Waals surface area contributed by atoms with Gasteiger partial charge in [0.25, 0.3) is 0 Å². The van der Waals surface area contributed by atoms with E-state index in [1.54, 1.807) is 0 Å². The molecule has 1 aromatic carbocycles. The molecule has 1 aromatic rings. The Balaban J connectivity index is 2.93. The summed E-state index contributed by atoms with van der Waals surface area (Å²) in [5, 5.41) is 9.94. The Bertz CT molecular complexity index is 339. The van der Waals surface area contributed by atoms with Crippen LogP contribution in [-0.2, 0) is 0 Å². The molecule has 0 aliphatic carbocycles. The monoisotopic (exact) mass is 190 g/mol. The van der Waals surface area contributed by atoms with Crippen molar-refractivity contribution >= 4 is 0 Å². The molecule has 1 N–H and O–H groups in total. The average Bonchev–Trinajstić information content (AvgIpc) is 2.08. The van der Waals surface area contributed by atoms with E-state index in [9.17, 15) is 5.11 Å². The Labute approximate surface area is 86.1 Å². The molecule has 0 amide bonds. The molecule has 0 aliphatic rings. The van der Waals surface area contributed by atoms with E-state index < -0.39 is 6.10 Å². The summed E-state index contributed by atoms with van der Waals surface area (Å²) in [6.45, 7) is 9.81. The van der Waals surface area contributed by atoms with Crippen molar-refractivity contribution in [2.24, 2.45) is 0 Å². The number of aliphatic hydroxyl groups is 1. The summed E-state index contributed by atoms with van der Waals surface area (Å²) in [5.41, 5.74) is 4.36. The number of aliphatic hydroxyl groups excluding tert-OH is 1. The molecule has 1 unspecified atom stereocenters. The fourth-order valence-electron chi connectivity index (χ4n) is 1.56. The van der Waals surface area contributed by atoms with Crippen LogP contribution in [0.5, 0.6) is 0 Å². The predicted octanol–water partition coefficient (Wildman–Crippen LogP) is 3.30. The van der Waals surface area contributed by atoms with E-state index >= 15 is 0 Å². The molecule has 0 aliphatic heterocycles. The number of aryl methyl sites for hydroxylation is 2. The lowest BCUT2D eigenvalue weighted by molar-refractivity contribution is 0.177. The van der Waals surface area contributed by atoms with Crippen molar-refractivity contribution in [2.75, 3.05) is 0 Å². The maximum atomic E-state index is 9.94. The van der Waals surface area contributed by atoms with Crippen molar-refractivity contribution in [1.29, 1.82) is 0 Å². The fraction of sp³-hybridized carbons (Fsp3) is 0.385. The van der Waals surface area contributed by atoms with Crippen LogP contribution >= 0.6 is 0 Å². The van der Waals surface area contributed by atoms with Crippen LogP contribution in [0, 0.1) is 13.8 Å². The minimum Gasteiger partial charge on any atom is -0.388 e. The third kappa shape index (κ3) is 2.71. The lowest BCUT2D eigenvalue weighted by atomic mass is 9.97. The molecule has 0 fully saturated rings. The Morgan fingerprint density at radius 1 is 1.43 bits per heavy atom. The molecule has 0 saturated carbocycles. The smallest absolute Gasteiger partial charge is 0.0829 e. The third-order valence-corrected chi connectivity index (χ3v) is 2.34. The zero-order chi connectivity index (χ0) is 10.7. The summed E-state index contributed by atoms with van der Waals surface area (Å²) < 4.78 is 0. The van der Waals surface area contributed by atoms with Crippen molar-refractivity contribution in [3.05, 3.63) is 47.0 Å². The van der Waals surface area contributed by atoms with E-state index in [2.05, 4.69) is 12.6 Å².